The molecule has 0 amide bonds. The quantitative estimate of drug-likeness (QED) is 0.911. The Morgan fingerprint density at radius 3 is 2.73 bits per heavy atom. The van der Waals surface area contributed by atoms with Gasteiger partial charge in [-0.25, -0.2) is 0 Å². The van der Waals surface area contributed by atoms with Crippen LogP contribution in [0, 0.1) is 5.92 Å². The largest absolute Gasteiger partial charge is 0.493 e. The molecule has 0 saturated carbocycles. The molecule has 0 bridgehead atoms. The van der Waals surface area contributed by atoms with E-state index in [-0.39, 0.29) is 0 Å². The third-order valence-electron chi connectivity index (χ3n) is 4.13. The van der Waals surface area contributed by atoms with E-state index in [0.29, 0.717) is 35.6 Å². The minimum Gasteiger partial charge on any atom is -0.493 e. The second-order valence-corrected chi connectivity index (χ2v) is 5.66. The van der Waals surface area contributed by atoms with Gasteiger partial charge >= 0.3 is 0 Å². The maximum atomic E-state index is 5.44. The van der Waals surface area contributed by atoms with Gasteiger partial charge < -0.3 is 19.3 Å². The van der Waals surface area contributed by atoms with E-state index in [1.165, 1.54) is 0 Å². The normalized spacial score (nSPS) is 21.0. The third kappa shape index (κ3) is 2.92. The van der Waals surface area contributed by atoms with Crippen molar-refractivity contribution in [2.45, 2.75) is 19.3 Å². The first-order chi connectivity index (χ1) is 10.7. The first-order valence-electron chi connectivity index (χ1n) is 7.45. The van der Waals surface area contributed by atoms with Crippen LogP contribution in [0.3, 0.4) is 0 Å². The second-order valence-electron chi connectivity index (χ2n) is 5.66. The van der Waals surface area contributed by atoms with Crippen molar-refractivity contribution in [3.63, 3.8) is 0 Å². The molecule has 1 aliphatic heterocycles. The van der Waals surface area contributed by atoms with Gasteiger partial charge in [0.1, 0.15) is 0 Å². The molecule has 6 heteroatoms. The monoisotopic (exact) mass is 303 g/mol. The molecule has 0 aliphatic carbocycles. The summed E-state index contributed by atoms with van der Waals surface area (Å²) in [5, 5.41) is 7.45. The fourth-order valence-electron chi connectivity index (χ4n) is 2.80. The molecule has 0 radical (unpaired) electrons. The molecule has 2 heterocycles. The number of nitrogens with one attached hydrogen (secondary N) is 1. The van der Waals surface area contributed by atoms with Gasteiger partial charge in [-0.05, 0) is 30.2 Å². The van der Waals surface area contributed by atoms with E-state index in [9.17, 15) is 0 Å². The Hall–Kier alpha value is -2.08. The van der Waals surface area contributed by atoms with Gasteiger partial charge in [0.25, 0.3) is 0 Å². The molecule has 1 aliphatic rings. The molecule has 118 valence electrons. The van der Waals surface area contributed by atoms with Crippen LogP contribution in [0.4, 0.5) is 0 Å². The summed E-state index contributed by atoms with van der Waals surface area (Å²) in [5.41, 5.74) is 1.06. The molecule has 6 nitrogen and oxygen atoms in total. The fraction of sp³-hybridized carbons (Fsp3) is 0.500. The zero-order valence-electron chi connectivity index (χ0n) is 13.1. The van der Waals surface area contributed by atoms with Crippen molar-refractivity contribution in [2.24, 2.45) is 5.92 Å². The van der Waals surface area contributed by atoms with Gasteiger partial charge in [-0.1, -0.05) is 18.1 Å². The Labute approximate surface area is 129 Å². The second kappa shape index (κ2) is 6.36. The van der Waals surface area contributed by atoms with Crippen LogP contribution in [0.1, 0.15) is 30.1 Å². The lowest BCUT2D eigenvalue weighted by atomic mass is 9.98. The molecular weight excluding hydrogens is 282 g/mol. The van der Waals surface area contributed by atoms with E-state index in [0.717, 1.165) is 24.5 Å². The molecule has 1 aromatic carbocycles. The predicted octanol–water partition coefficient (Wildman–Crippen LogP) is 2.00. The fourth-order valence-corrected chi connectivity index (χ4v) is 2.80. The summed E-state index contributed by atoms with van der Waals surface area (Å²) in [4.78, 5) is 4.55. The molecule has 0 unspecified atom stereocenters. The number of methoxy groups -OCH3 is 2. The Bertz CT molecular complexity index is 641. The summed E-state index contributed by atoms with van der Waals surface area (Å²) in [6.07, 6.45) is 0.610. The van der Waals surface area contributed by atoms with Gasteiger partial charge in [0.15, 0.2) is 17.3 Å². The van der Waals surface area contributed by atoms with E-state index < -0.39 is 0 Å². The van der Waals surface area contributed by atoms with Crippen LogP contribution in [0.2, 0.25) is 0 Å². The zero-order chi connectivity index (χ0) is 15.5. The summed E-state index contributed by atoms with van der Waals surface area (Å²) in [5.74, 6) is 3.68. The predicted molar refractivity (Wildman–Crippen MR) is 81.4 cm³/mol. The molecular formula is C16H21N3O3. The maximum Gasteiger partial charge on any atom is 0.231 e. The van der Waals surface area contributed by atoms with Gasteiger partial charge in [-0.15, -0.1) is 0 Å². The number of benzene rings is 1. The van der Waals surface area contributed by atoms with Crippen LogP contribution in [-0.2, 0) is 6.42 Å². The lowest BCUT2D eigenvalue weighted by Gasteiger charge is -2.08. The van der Waals surface area contributed by atoms with E-state index in [2.05, 4.69) is 22.4 Å². The molecule has 22 heavy (non-hydrogen) atoms. The highest BCUT2D eigenvalue weighted by Gasteiger charge is 2.29. The molecule has 2 aromatic rings. The summed E-state index contributed by atoms with van der Waals surface area (Å²) < 4.78 is 16.0. The van der Waals surface area contributed by atoms with E-state index in [1.807, 2.05) is 18.2 Å². The number of rotatable bonds is 5. The highest BCUT2D eigenvalue weighted by molar-refractivity contribution is 5.43. The van der Waals surface area contributed by atoms with Crippen molar-refractivity contribution in [1.82, 2.24) is 15.5 Å². The van der Waals surface area contributed by atoms with Crippen LogP contribution in [0.25, 0.3) is 0 Å². The molecule has 1 aromatic heterocycles. The Balaban J connectivity index is 1.75. The minimum atomic E-state index is 0.312. The first kappa shape index (κ1) is 14.8. The molecule has 3 rings (SSSR count). The van der Waals surface area contributed by atoms with Crippen LogP contribution in [0.5, 0.6) is 11.5 Å². The van der Waals surface area contributed by atoms with Crippen molar-refractivity contribution >= 4 is 0 Å². The standard InChI is InChI=1S/C16H21N3O3/c1-10-8-17-9-12(10)16-18-15(19-22-16)7-11-4-5-13(20-2)14(6-11)21-3/h4-6,10,12,17H,7-9H2,1-3H3/t10-,12-/m1/s1. The number of nitrogens with zero attached hydrogens (tertiary/aromatic N) is 2. The lowest BCUT2D eigenvalue weighted by Crippen LogP contribution is -2.08. The Morgan fingerprint density at radius 2 is 2.05 bits per heavy atom. The minimum absolute atomic E-state index is 0.312. The van der Waals surface area contributed by atoms with Crippen molar-refractivity contribution in [3.8, 4) is 11.5 Å². The van der Waals surface area contributed by atoms with E-state index in [1.54, 1.807) is 14.2 Å². The van der Waals surface area contributed by atoms with Gasteiger partial charge in [0.2, 0.25) is 5.89 Å². The van der Waals surface area contributed by atoms with Crippen LogP contribution < -0.4 is 14.8 Å². The Kier molecular flexibility index (Phi) is 4.29. The first-order valence-corrected chi connectivity index (χ1v) is 7.45. The van der Waals surface area contributed by atoms with Gasteiger partial charge in [0, 0.05) is 13.0 Å². The molecule has 0 spiro atoms. The average molecular weight is 303 g/mol. The number of aromatic nitrogens is 2. The topological polar surface area (TPSA) is 69.4 Å². The van der Waals surface area contributed by atoms with Gasteiger partial charge in [0.05, 0.1) is 20.1 Å². The number of hydrogen-bond acceptors (Lipinski definition) is 6. The smallest absolute Gasteiger partial charge is 0.231 e. The molecule has 1 N–H and O–H groups in total. The van der Waals surface area contributed by atoms with Crippen LogP contribution in [-0.4, -0.2) is 37.4 Å². The average Bonchev–Trinajstić information content (AvgIpc) is 3.15. The van der Waals surface area contributed by atoms with Gasteiger partial charge in [-0.2, -0.15) is 4.98 Å². The molecule has 1 saturated heterocycles. The summed E-state index contributed by atoms with van der Waals surface area (Å²) in [6.45, 7) is 4.10. The van der Waals surface area contributed by atoms with E-state index >= 15 is 0 Å². The highest BCUT2D eigenvalue weighted by atomic mass is 16.5. The zero-order valence-corrected chi connectivity index (χ0v) is 13.1. The highest BCUT2D eigenvalue weighted by Crippen LogP contribution is 2.29. The van der Waals surface area contributed by atoms with Crippen molar-refractivity contribution in [1.29, 1.82) is 0 Å². The van der Waals surface area contributed by atoms with Crippen molar-refractivity contribution in [2.75, 3.05) is 27.3 Å². The Morgan fingerprint density at radius 1 is 1.23 bits per heavy atom. The van der Waals surface area contributed by atoms with Crippen LogP contribution >= 0.6 is 0 Å². The lowest BCUT2D eigenvalue weighted by molar-refractivity contribution is 0.337. The molecule has 1 fully saturated rings. The van der Waals surface area contributed by atoms with Crippen molar-refractivity contribution in [3.05, 3.63) is 35.5 Å². The third-order valence-corrected chi connectivity index (χ3v) is 4.13. The van der Waals surface area contributed by atoms with Crippen LogP contribution in [0.15, 0.2) is 22.7 Å². The SMILES string of the molecule is COc1ccc(Cc2noc([C@@H]3CNC[C@H]3C)n2)cc1OC. The maximum absolute atomic E-state index is 5.44. The summed E-state index contributed by atoms with van der Waals surface area (Å²) in [6, 6.07) is 5.81. The van der Waals surface area contributed by atoms with Crippen molar-refractivity contribution < 1.29 is 14.0 Å². The number of ether oxygens (including phenoxy) is 2. The summed E-state index contributed by atoms with van der Waals surface area (Å²) >= 11 is 0. The number of hydrogen-bond donors (Lipinski definition) is 1. The summed E-state index contributed by atoms with van der Waals surface area (Å²) in [7, 11) is 3.25. The van der Waals surface area contributed by atoms with Gasteiger partial charge in [-0.3, -0.25) is 0 Å². The van der Waals surface area contributed by atoms with E-state index in [4.69, 9.17) is 14.0 Å². The molecule has 2 atom stereocenters.